The number of alkyl halides is 3. The number of piperidine rings is 1. The number of H-pyrrole nitrogens is 1. The van der Waals surface area contributed by atoms with Crippen LogP contribution in [0.5, 0.6) is 0 Å². The van der Waals surface area contributed by atoms with E-state index in [4.69, 9.17) is 9.26 Å². The van der Waals surface area contributed by atoms with Gasteiger partial charge in [0, 0.05) is 30.2 Å². The molecule has 1 saturated heterocycles. The lowest BCUT2D eigenvalue weighted by atomic mass is 10.00. The lowest BCUT2D eigenvalue weighted by Crippen LogP contribution is -2.50. The van der Waals surface area contributed by atoms with E-state index in [1.807, 2.05) is 37.3 Å². The van der Waals surface area contributed by atoms with Gasteiger partial charge in [-0.25, -0.2) is 19.7 Å². The van der Waals surface area contributed by atoms with Crippen LogP contribution in [0.4, 0.5) is 23.9 Å². The Labute approximate surface area is 249 Å². The van der Waals surface area contributed by atoms with Crippen LogP contribution in [0.3, 0.4) is 0 Å². The fraction of sp³-hybridized carbons (Fsp3) is 0.333. The van der Waals surface area contributed by atoms with Gasteiger partial charge in [0.25, 0.3) is 0 Å². The number of rotatable bonds is 6. The monoisotopic (exact) mass is 606 g/mol. The number of anilines is 1. The zero-order valence-electron chi connectivity index (χ0n) is 24.1. The molecule has 0 radical (unpaired) electrons. The van der Waals surface area contributed by atoms with Crippen LogP contribution in [0, 0.1) is 13.8 Å². The third-order valence-corrected chi connectivity index (χ3v) is 7.69. The number of aromatic amines is 1. The van der Waals surface area contributed by atoms with Crippen LogP contribution < -0.4 is 5.32 Å². The van der Waals surface area contributed by atoms with Crippen molar-refractivity contribution in [1.82, 2.24) is 35.2 Å². The van der Waals surface area contributed by atoms with Crippen molar-refractivity contribution < 1.29 is 27.2 Å². The number of hydrogen-bond donors (Lipinski definition) is 2. The summed E-state index contributed by atoms with van der Waals surface area (Å²) in [6.45, 7) is 5.87. The van der Waals surface area contributed by atoms with Crippen molar-refractivity contribution in [2.45, 2.75) is 58.5 Å². The number of benzene rings is 1. The molecule has 1 fully saturated rings. The highest BCUT2D eigenvalue weighted by atomic mass is 19.4. The summed E-state index contributed by atoms with van der Waals surface area (Å²) in [5, 5.41) is 14.3. The molecule has 1 aromatic carbocycles. The van der Waals surface area contributed by atoms with Gasteiger partial charge < -0.3 is 19.5 Å². The second-order valence-corrected chi connectivity index (χ2v) is 10.8. The summed E-state index contributed by atoms with van der Waals surface area (Å²) < 4.78 is 53.1. The van der Waals surface area contributed by atoms with Crippen molar-refractivity contribution in [1.29, 1.82) is 0 Å². The number of hydrogen-bond acceptors (Lipinski definition) is 9. The number of carbonyl (C=O) groups is 1. The number of ether oxygens (including phenoxy) is 1. The lowest BCUT2D eigenvalue weighted by molar-refractivity contribution is -0.137. The average molecular weight is 607 g/mol. The van der Waals surface area contributed by atoms with E-state index >= 15 is 0 Å². The van der Waals surface area contributed by atoms with Crippen LogP contribution in [-0.4, -0.2) is 59.9 Å². The van der Waals surface area contributed by atoms with E-state index in [2.05, 4.69) is 35.6 Å². The van der Waals surface area contributed by atoms with Crippen LogP contribution in [-0.2, 0) is 17.5 Å². The smallest absolute Gasteiger partial charge is 0.420 e. The van der Waals surface area contributed by atoms with Gasteiger partial charge in [0.15, 0.2) is 5.65 Å². The number of amides is 1. The fourth-order valence-corrected chi connectivity index (χ4v) is 5.38. The Kier molecular flexibility index (Phi) is 7.66. The Bertz CT molecular complexity index is 1790. The summed E-state index contributed by atoms with van der Waals surface area (Å²) in [5.74, 6) is 0.557. The summed E-state index contributed by atoms with van der Waals surface area (Å²) >= 11 is 0. The van der Waals surface area contributed by atoms with Crippen molar-refractivity contribution in [3.05, 3.63) is 71.2 Å². The number of fused-ring (bicyclic) bond motifs is 1. The second-order valence-electron chi connectivity index (χ2n) is 10.8. The maximum absolute atomic E-state index is 14.1. The van der Waals surface area contributed by atoms with Crippen LogP contribution >= 0.6 is 0 Å². The molecule has 0 spiro atoms. The van der Waals surface area contributed by atoms with Gasteiger partial charge in [-0.05, 0) is 51.3 Å². The molecule has 0 bridgehead atoms. The van der Waals surface area contributed by atoms with Gasteiger partial charge in [-0.15, -0.1) is 0 Å². The van der Waals surface area contributed by atoms with E-state index in [0.29, 0.717) is 40.9 Å². The molecule has 0 saturated carbocycles. The van der Waals surface area contributed by atoms with Gasteiger partial charge in [-0.1, -0.05) is 35.5 Å². The van der Waals surface area contributed by atoms with E-state index in [9.17, 15) is 18.0 Å². The van der Waals surface area contributed by atoms with Crippen molar-refractivity contribution >= 4 is 23.1 Å². The first-order chi connectivity index (χ1) is 21.1. The molecule has 5 aromatic rings. The molecule has 2 atom stereocenters. The van der Waals surface area contributed by atoms with Gasteiger partial charge in [-0.3, -0.25) is 5.10 Å². The first-order valence-electron chi connectivity index (χ1n) is 14.1. The molecular formula is C30H29F3N8O3. The molecule has 2 N–H and O–H groups in total. The van der Waals surface area contributed by atoms with Gasteiger partial charge in [-0.2, -0.15) is 18.3 Å². The second kappa shape index (κ2) is 11.6. The molecule has 14 heteroatoms. The number of aryl methyl sites for hydroxylation is 2. The fourth-order valence-electron chi connectivity index (χ4n) is 5.38. The Morgan fingerprint density at radius 3 is 2.64 bits per heavy atom. The minimum atomic E-state index is -4.73. The molecule has 228 valence electrons. The maximum atomic E-state index is 14.1. The van der Waals surface area contributed by atoms with Crippen LogP contribution in [0.25, 0.3) is 33.7 Å². The van der Waals surface area contributed by atoms with Gasteiger partial charge in [0.2, 0.25) is 5.95 Å². The van der Waals surface area contributed by atoms with Crippen molar-refractivity contribution in [3.8, 4) is 22.6 Å². The molecule has 11 nitrogen and oxygen atoms in total. The normalized spacial score (nSPS) is 17.2. The topological polar surface area (TPSA) is 135 Å². The molecule has 1 amide bonds. The Morgan fingerprint density at radius 2 is 1.91 bits per heavy atom. The third-order valence-electron chi connectivity index (χ3n) is 7.69. The van der Waals surface area contributed by atoms with Gasteiger partial charge in [0.1, 0.15) is 29.3 Å². The molecule has 44 heavy (non-hydrogen) atoms. The Hall–Kier alpha value is -5.01. The molecule has 5 heterocycles. The standard InChI is InChI=1S/C30H29F3N8O3/c1-16-9-10-20(14-41(16)29(42)43-15-19-7-5-4-6-8-19)35-28-34-13-22(30(31,32)33)26(37-28)25-21-11-12-23(36-27(21)39-38-25)24-17(2)40-44-18(24)3/h4-8,11-13,16,20H,9-10,14-15H2,1-3H3,(H,34,35,37)(H,36,38,39)/t16-,20-/m0/s1. The SMILES string of the molecule is Cc1noc(C)c1-c1ccc2c(-c3nc(N[C@H]4CC[C@H](C)N(C(=O)OCc5ccccc5)C4)ncc3C(F)(F)F)n[nH]c2n1. The number of carbonyl (C=O) groups excluding carboxylic acids is 1. The minimum Gasteiger partial charge on any atom is -0.445 e. The van der Waals surface area contributed by atoms with Crippen LogP contribution in [0.2, 0.25) is 0 Å². The van der Waals surface area contributed by atoms with Gasteiger partial charge in [0.05, 0.1) is 17.0 Å². The molecule has 0 aliphatic carbocycles. The Balaban J connectivity index is 1.25. The lowest BCUT2D eigenvalue weighted by Gasteiger charge is -2.37. The van der Waals surface area contributed by atoms with Crippen LogP contribution in [0.1, 0.15) is 42.3 Å². The minimum absolute atomic E-state index is 0.0124. The molecule has 4 aromatic heterocycles. The zero-order valence-corrected chi connectivity index (χ0v) is 24.1. The highest BCUT2D eigenvalue weighted by Gasteiger charge is 2.37. The van der Waals surface area contributed by atoms with E-state index in [-0.39, 0.29) is 42.5 Å². The summed E-state index contributed by atoms with van der Waals surface area (Å²) in [7, 11) is 0. The number of nitrogens with zero attached hydrogens (tertiary/aromatic N) is 6. The summed E-state index contributed by atoms with van der Waals surface area (Å²) in [4.78, 5) is 27.3. The number of nitrogens with one attached hydrogen (secondary N) is 2. The van der Waals surface area contributed by atoms with E-state index in [1.54, 1.807) is 30.9 Å². The predicted octanol–water partition coefficient (Wildman–Crippen LogP) is 6.31. The largest absolute Gasteiger partial charge is 0.445 e. The van der Waals surface area contributed by atoms with E-state index in [1.165, 1.54) is 0 Å². The molecular weight excluding hydrogens is 577 g/mol. The molecule has 0 unspecified atom stereocenters. The summed E-state index contributed by atoms with van der Waals surface area (Å²) in [6.07, 6.45) is -3.14. The molecule has 1 aliphatic heterocycles. The predicted molar refractivity (Wildman–Crippen MR) is 154 cm³/mol. The summed E-state index contributed by atoms with van der Waals surface area (Å²) in [6, 6.07) is 12.3. The van der Waals surface area contributed by atoms with Gasteiger partial charge >= 0.3 is 12.3 Å². The highest BCUT2D eigenvalue weighted by molar-refractivity contribution is 5.92. The van der Waals surface area contributed by atoms with Crippen LogP contribution in [0.15, 0.2) is 53.2 Å². The molecule has 6 rings (SSSR count). The van der Waals surface area contributed by atoms with E-state index in [0.717, 1.165) is 11.8 Å². The first-order valence-corrected chi connectivity index (χ1v) is 14.1. The number of halogens is 3. The van der Waals surface area contributed by atoms with E-state index < -0.39 is 23.5 Å². The third kappa shape index (κ3) is 5.79. The summed E-state index contributed by atoms with van der Waals surface area (Å²) in [5.41, 5.74) is 1.59. The molecule has 1 aliphatic rings. The average Bonchev–Trinajstić information content (AvgIpc) is 3.58. The number of pyridine rings is 1. The quantitative estimate of drug-likeness (QED) is 0.228. The van der Waals surface area contributed by atoms with Crippen molar-refractivity contribution in [3.63, 3.8) is 0 Å². The van der Waals surface area contributed by atoms with Crippen molar-refractivity contribution in [2.24, 2.45) is 0 Å². The number of aromatic nitrogens is 6. The number of likely N-dealkylation sites (tertiary alicyclic amines) is 1. The maximum Gasteiger partial charge on any atom is 0.420 e. The Morgan fingerprint density at radius 1 is 1.11 bits per heavy atom. The van der Waals surface area contributed by atoms with Crippen molar-refractivity contribution in [2.75, 3.05) is 11.9 Å². The first kappa shape index (κ1) is 29.1. The highest BCUT2D eigenvalue weighted by Crippen LogP contribution is 2.38. The zero-order chi connectivity index (χ0) is 31.0.